The smallest absolute Gasteiger partial charge is 0.114 e. The second kappa shape index (κ2) is 3.71. The predicted octanol–water partition coefficient (Wildman–Crippen LogP) is 1.49. The zero-order chi connectivity index (χ0) is 11.1. The molecule has 2 rings (SSSR count). The van der Waals surface area contributed by atoms with Crippen LogP contribution in [0.1, 0.15) is 33.6 Å². The minimum Gasteiger partial charge on any atom is -0.368 e. The SMILES string of the molecule is CN1C(C(C)(C)C)=CNC1[C@@H]1CCCN1. The van der Waals surface area contributed by atoms with Crippen LogP contribution in [0.3, 0.4) is 0 Å². The Hall–Kier alpha value is -0.700. The summed E-state index contributed by atoms with van der Waals surface area (Å²) in [5, 5.41) is 7.07. The molecule has 86 valence electrons. The van der Waals surface area contributed by atoms with Crippen LogP contribution < -0.4 is 10.6 Å². The molecule has 2 heterocycles. The highest BCUT2D eigenvalue weighted by Gasteiger charge is 2.35. The summed E-state index contributed by atoms with van der Waals surface area (Å²) in [6.45, 7) is 7.96. The molecule has 0 aromatic rings. The molecule has 0 aromatic heterocycles. The molecule has 3 heteroatoms. The molecule has 1 unspecified atom stereocenters. The quantitative estimate of drug-likeness (QED) is 0.685. The Balaban J connectivity index is 2.04. The van der Waals surface area contributed by atoms with E-state index in [9.17, 15) is 0 Å². The Labute approximate surface area is 92.9 Å². The van der Waals surface area contributed by atoms with Crippen LogP contribution in [0.2, 0.25) is 0 Å². The summed E-state index contributed by atoms with van der Waals surface area (Å²) in [5.41, 5.74) is 1.64. The van der Waals surface area contributed by atoms with Gasteiger partial charge < -0.3 is 15.5 Å². The van der Waals surface area contributed by atoms with Crippen LogP contribution in [0.4, 0.5) is 0 Å². The predicted molar refractivity (Wildman–Crippen MR) is 63.2 cm³/mol. The molecule has 2 N–H and O–H groups in total. The van der Waals surface area contributed by atoms with Gasteiger partial charge in [-0.15, -0.1) is 0 Å². The van der Waals surface area contributed by atoms with Gasteiger partial charge in [-0.2, -0.15) is 0 Å². The molecule has 2 aliphatic heterocycles. The lowest BCUT2D eigenvalue weighted by Crippen LogP contribution is -2.49. The zero-order valence-corrected chi connectivity index (χ0v) is 10.3. The van der Waals surface area contributed by atoms with E-state index in [1.165, 1.54) is 25.1 Å². The fourth-order valence-electron chi connectivity index (χ4n) is 2.64. The third-order valence-corrected chi connectivity index (χ3v) is 3.44. The van der Waals surface area contributed by atoms with Crippen LogP contribution in [-0.2, 0) is 0 Å². The van der Waals surface area contributed by atoms with Crippen molar-refractivity contribution < 1.29 is 0 Å². The molecule has 2 aliphatic rings. The first-order valence-corrected chi connectivity index (χ1v) is 5.93. The fourth-order valence-corrected chi connectivity index (χ4v) is 2.64. The molecule has 0 bridgehead atoms. The van der Waals surface area contributed by atoms with E-state index >= 15 is 0 Å². The van der Waals surface area contributed by atoms with E-state index in [4.69, 9.17) is 0 Å². The summed E-state index contributed by atoms with van der Waals surface area (Å²) in [6.07, 6.45) is 5.22. The number of allylic oxidation sites excluding steroid dienone is 1. The molecule has 0 aromatic carbocycles. The number of hydrogen-bond acceptors (Lipinski definition) is 3. The third-order valence-electron chi connectivity index (χ3n) is 3.44. The average Bonchev–Trinajstić information content (AvgIpc) is 2.69. The van der Waals surface area contributed by atoms with Gasteiger partial charge in [-0.1, -0.05) is 20.8 Å². The molecule has 0 aliphatic carbocycles. The van der Waals surface area contributed by atoms with E-state index in [1.807, 2.05) is 0 Å². The van der Waals surface area contributed by atoms with Crippen LogP contribution in [0.25, 0.3) is 0 Å². The second-order valence-corrected chi connectivity index (χ2v) is 5.70. The maximum atomic E-state index is 3.56. The highest BCUT2D eigenvalue weighted by Crippen LogP contribution is 2.32. The largest absolute Gasteiger partial charge is 0.368 e. The van der Waals surface area contributed by atoms with Gasteiger partial charge in [-0.25, -0.2) is 0 Å². The summed E-state index contributed by atoms with van der Waals surface area (Å²) >= 11 is 0. The summed E-state index contributed by atoms with van der Waals surface area (Å²) in [4.78, 5) is 2.39. The van der Waals surface area contributed by atoms with E-state index in [2.05, 4.69) is 49.6 Å². The average molecular weight is 209 g/mol. The number of rotatable bonds is 1. The van der Waals surface area contributed by atoms with Crippen LogP contribution in [-0.4, -0.2) is 30.7 Å². The summed E-state index contributed by atoms with van der Waals surface area (Å²) in [7, 11) is 2.20. The molecule has 3 nitrogen and oxygen atoms in total. The van der Waals surface area contributed by atoms with Crippen molar-refractivity contribution in [2.45, 2.75) is 45.8 Å². The molecule has 0 saturated carbocycles. The first-order valence-electron chi connectivity index (χ1n) is 5.93. The van der Waals surface area contributed by atoms with Gasteiger partial charge in [0.25, 0.3) is 0 Å². The minimum absolute atomic E-state index is 0.231. The first kappa shape index (κ1) is 10.8. The Bertz CT molecular complexity index is 259. The van der Waals surface area contributed by atoms with Gasteiger partial charge >= 0.3 is 0 Å². The Kier molecular flexibility index (Phi) is 2.67. The second-order valence-electron chi connectivity index (χ2n) is 5.70. The fraction of sp³-hybridized carbons (Fsp3) is 0.833. The first-order chi connectivity index (χ1) is 7.00. The van der Waals surface area contributed by atoms with Crippen molar-refractivity contribution >= 4 is 0 Å². The number of hydrogen-bond donors (Lipinski definition) is 2. The molecular weight excluding hydrogens is 186 g/mol. The Morgan fingerprint density at radius 1 is 1.40 bits per heavy atom. The van der Waals surface area contributed by atoms with Crippen LogP contribution in [0, 0.1) is 5.41 Å². The highest BCUT2D eigenvalue weighted by molar-refractivity contribution is 5.16. The van der Waals surface area contributed by atoms with E-state index in [-0.39, 0.29) is 5.41 Å². The molecule has 1 fully saturated rings. The van der Waals surface area contributed by atoms with Crippen molar-refractivity contribution in [3.05, 3.63) is 11.9 Å². The zero-order valence-electron chi connectivity index (χ0n) is 10.3. The van der Waals surface area contributed by atoms with E-state index in [0.717, 1.165) is 0 Å². The highest BCUT2D eigenvalue weighted by atomic mass is 15.3. The Morgan fingerprint density at radius 2 is 2.13 bits per heavy atom. The monoisotopic (exact) mass is 209 g/mol. The van der Waals surface area contributed by atoms with Crippen molar-refractivity contribution in [1.82, 2.24) is 15.5 Å². The minimum atomic E-state index is 0.231. The van der Waals surface area contributed by atoms with Crippen molar-refractivity contribution in [2.75, 3.05) is 13.6 Å². The van der Waals surface area contributed by atoms with Gasteiger partial charge in [-0.05, 0) is 19.4 Å². The van der Waals surface area contributed by atoms with Gasteiger partial charge in [0.2, 0.25) is 0 Å². The van der Waals surface area contributed by atoms with Gasteiger partial charge in [0.05, 0.1) is 0 Å². The maximum absolute atomic E-state index is 3.56. The summed E-state index contributed by atoms with van der Waals surface area (Å²) in [6, 6.07) is 0.603. The van der Waals surface area contributed by atoms with Crippen LogP contribution in [0.15, 0.2) is 11.9 Å². The molecule has 2 atom stereocenters. The van der Waals surface area contributed by atoms with Crippen LogP contribution in [0.5, 0.6) is 0 Å². The van der Waals surface area contributed by atoms with Crippen molar-refractivity contribution in [3.63, 3.8) is 0 Å². The number of likely N-dealkylation sites (N-methyl/N-ethyl adjacent to an activating group) is 1. The normalized spacial score (nSPS) is 31.7. The number of nitrogens with zero attached hydrogens (tertiary/aromatic N) is 1. The van der Waals surface area contributed by atoms with Gasteiger partial charge in [0.1, 0.15) is 6.17 Å². The topological polar surface area (TPSA) is 27.3 Å². The maximum Gasteiger partial charge on any atom is 0.114 e. The summed E-state index contributed by atoms with van der Waals surface area (Å²) in [5.74, 6) is 0. The van der Waals surface area contributed by atoms with Crippen molar-refractivity contribution in [2.24, 2.45) is 5.41 Å². The van der Waals surface area contributed by atoms with E-state index < -0.39 is 0 Å². The van der Waals surface area contributed by atoms with Gasteiger partial charge in [-0.3, -0.25) is 0 Å². The molecule has 0 radical (unpaired) electrons. The Morgan fingerprint density at radius 3 is 2.60 bits per heavy atom. The van der Waals surface area contributed by atoms with Crippen molar-refractivity contribution in [1.29, 1.82) is 0 Å². The number of nitrogens with one attached hydrogen (secondary N) is 2. The van der Waals surface area contributed by atoms with Crippen molar-refractivity contribution in [3.8, 4) is 0 Å². The summed E-state index contributed by atoms with van der Waals surface area (Å²) < 4.78 is 0. The molecule has 0 spiro atoms. The van der Waals surface area contributed by atoms with E-state index in [0.29, 0.717) is 12.2 Å². The van der Waals surface area contributed by atoms with Gasteiger partial charge in [0, 0.05) is 30.4 Å². The third kappa shape index (κ3) is 1.98. The lowest BCUT2D eigenvalue weighted by Gasteiger charge is -2.34. The van der Waals surface area contributed by atoms with Gasteiger partial charge in [0.15, 0.2) is 0 Å². The molecule has 1 saturated heterocycles. The van der Waals surface area contributed by atoms with E-state index in [1.54, 1.807) is 0 Å². The lowest BCUT2D eigenvalue weighted by molar-refractivity contribution is 0.217. The molecule has 0 amide bonds. The standard InChI is InChI=1S/C12H23N3/c1-12(2,3)10-8-14-11(15(10)4)9-6-5-7-13-9/h8-9,11,13-14H,5-7H2,1-4H3/t9-,11?/m0/s1. The molecule has 15 heavy (non-hydrogen) atoms. The lowest BCUT2D eigenvalue weighted by atomic mass is 9.92. The van der Waals surface area contributed by atoms with Crippen LogP contribution >= 0.6 is 0 Å². The molecular formula is C12H23N3.